The van der Waals surface area contributed by atoms with Crippen molar-refractivity contribution in [2.45, 2.75) is 0 Å². The van der Waals surface area contributed by atoms with E-state index in [2.05, 4.69) is 34.5 Å². The molecule has 2 aliphatic rings. The molecule has 2 saturated heterocycles. The number of likely N-dealkylation sites (tertiary alicyclic amines) is 1. The van der Waals surface area contributed by atoms with Crippen LogP contribution in [-0.2, 0) is 9.53 Å². The van der Waals surface area contributed by atoms with Gasteiger partial charge in [0.15, 0.2) is 0 Å². The molecule has 4 aromatic rings. The summed E-state index contributed by atoms with van der Waals surface area (Å²) in [7, 11) is 0. The fraction of sp³-hybridized carbons (Fsp3) is 0.208. The van der Waals surface area contributed by atoms with Gasteiger partial charge in [0.2, 0.25) is 0 Å². The number of ether oxygens (including phenoxy) is 1. The van der Waals surface area contributed by atoms with Crippen molar-refractivity contribution in [3.8, 4) is 11.1 Å². The van der Waals surface area contributed by atoms with E-state index in [4.69, 9.17) is 4.74 Å². The Morgan fingerprint density at radius 2 is 1.93 bits per heavy atom. The van der Waals surface area contributed by atoms with E-state index in [0.717, 1.165) is 32.8 Å². The van der Waals surface area contributed by atoms with Crippen molar-refractivity contribution in [3.63, 3.8) is 0 Å². The molecule has 0 saturated carbocycles. The van der Waals surface area contributed by atoms with Crippen LogP contribution in [0, 0.1) is 11.8 Å². The van der Waals surface area contributed by atoms with Crippen LogP contribution in [0.5, 0.6) is 0 Å². The molecule has 30 heavy (non-hydrogen) atoms. The van der Waals surface area contributed by atoms with E-state index in [9.17, 15) is 9.59 Å². The second-order valence-electron chi connectivity index (χ2n) is 8.12. The maximum atomic E-state index is 13.0. The summed E-state index contributed by atoms with van der Waals surface area (Å²) in [6.07, 6.45) is 1.85. The number of amides is 1. The van der Waals surface area contributed by atoms with E-state index in [1.54, 1.807) is 4.90 Å². The van der Waals surface area contributed by atoms with Crippen molar-refractivity contribution in [1.82, 2.24) is 15.1 Å². The van der Waals surface area contributed by atoms with Gasteiger partial charge in [0.05, 0.1) is 24.2 Å². The summed E-state index contributed by atoms with van der Waals surface area (Å²) in [5.74, 6) is -0.224. The summed E-state index contributed by atoms with van der Waals surface area (Å²) in [6, 6.07) is 18.2. The summed E-state index contributed by atoms with van der Waals surface area (Å²) in [4.78, 5) is 26.6. The Labute approximate surface area is 172 Å². The van der Waals surface area contributed by atoms with Crippen LogP contribution in [0.4, 0.5) is 0 Å². The van der Waals surface area contributed by atoms with Gasteiger partial charge in [-0.15, -0.1) is 0 Å². The van der Waals surface area contributed by atoms with Gasteiger partial charge in [-0.1, -0.05) is 30.3 Å². The second kappa shape index (κ2) is 6.42. The van der Waals surface area contributed by atoms with Crippen LogP contribution in [0.3, 0.4) is 0 Å². The second-order valence-corrected chi connectivity index (χ2v) is 8.12. The van der Waals surface area contributed by atoms with E-state index in [0.29, 0.717) is 25.3 Å². The molecule has 6 heteroatoms. The fourth-order valence-electron chi connectivity index (χ4n) is 4.72. The zero-order valence-corrected chi connectivity index (χ0v) is 16.2. The van der Waals surface area contributed by atoms with Crippen LogP contribution in [0.1, 0.15) is 10.4 Å². The Balaban J connectivity index is 1.32. The number of carbonyl (C=O) groups excluding carboxylic acids is 2. The number of hydrogen-bond acceptors (Lipinski definition) is 4. The summed E-state index contributed by atoms with van der Waals surface area (Å²) < 4.78 is 5.10. The van der Waals surface area contributed by atoms with Crippen molar-refractivity contribution >= 4 is 33.6 Å². The standard InChI is InChI=1S/C24H19N3O3/c28-23(27-11-18-13-30-24(29)21(18)12-27)17-7-5-14-8-16(6-4-15(14)9-17)19-2-1-3-22-20(19)10-25-26-22/h1-10,18,21H,11-13H2,(H,25,26)/t18-,21-/m1/s1. The Kier molecular flexibility index (Phi) is 3.68. The minimum atomic E-state index is -0.172. The van der Waals surface area contributed by atoms with Crippen molar-refractivity contribution in [1.29, 1.82) is 0 Å². The van der Waals surface area contributed by atoms with Crippen LogP contribution in [0.25, 0.3) is 32.8 Å². The Hall–Kier alpha value is -3.67. The minimum Gasteiger partial charge on any atom is -0.465 e. The molecule has 0 radical (unpaired) electrons. The largest absolute Gasteiger partial charge is 0.465 e. The summed E-state index contributed by atoms with van der Waals surface area (Å²) in [5.41, 5.74) is 3.89. The first-order chi connectivity index (χ1) is 14.7. The van der Waals surface area contributed by atoms with Crippen LogP contribution in [-0.4, -0.2) is 46.7 Å². The highest BCUT2D eigenvalue weighted by molar-refractivity contribution is 6.01. The third-order valence-corrected chi connectivity index (χ3v) is 6.35. The molecule has 2 atom stereocenters. The van der Waals surface area contributed by atoms with E-state index >= 15 is 0 Å². The minimum absolute atomic E-state index is 0.0219. The molecule has 0 spiro atoms. The van der Waals surface area contributed by atoms with Gasteiger partial charge in [-0.3, -0.25) is 14.7 Å². The molecule has 2 fully saturated rings. The normalized spacial score (nSPS) is 20.7. The molecule has 0 bridgehead atoms. The van der Waals surface area contributed by atoms with Gasteiger partial charge in [-0.05, 0) is 46.2 Å². The topological polar surface area (TPSA) is 75.3 Å². The number of H-pyrrole nitrogens is 1. The Bertz CT molecular complexity index is 1330. The lowest BCUT2D eigenvalue weighted by atomic mass is 9.98. The maximum absolute atomic E-state index is 13.0. The number of esters is 1. The highest BCUT2D eigenvalue weighted by atomic mass is 16.5. The summed E-state index contributed by atoms with van der Waals surface area (Å²) in [5, 5.41) is 10.3. The number of nitrogens with one attached hydrogen (secondary N) is 1. The number of nitrogens with zero attached hydrogens (tertiary/aromatic N) is 2. The molecule has 1 amide bonds. The smallest absolute Gasteiger partial charge is 0.311 e. The molecule has 1 N–H and O–H groups in total. The quantitative estimate of drug-likeness (QED) is 0.524. The Morgan fingerprint density at radius 3 is 2.83 bits per heavy atom. The number of cyclic esters (lactones) is 1. The highest BCUT2D eigenvalue weighted by Gasteiger charge is 2.45. The maximum Gasteiger partial charge on any atom is 0.311 e. The predicted molar refractivity (Wildman–Crippen MR) is 113 cm³/mol. The number of rotatable bonds is 2. The summed E-state index contributed by atoms with van der Waals surface area (Å²) >= 11 is 0. The lowest BCUT2D eigenvalue weighted by Crippen LogP contribution is -2.30. The van der Waals surface area contributed by atoms with Crippen molar-refractivity contribution in [3.05, 3.63) is 66.4 Å². The fourth-order valence-corrected chi connectivity index (χ4v) is 4.72. The van der Waals surface area contributed by atoms with Crippen LogP contribution >= 0.6 is 0 Å². The third kappa shape index (κ3) is 2.60. The van der Waals surface area contributed by atoms with Crippen LogP contribution in [0.15, 0.2) is 60.8 Å². The molecule has 0 aliphatic carbocycles. The molecule has 2 aliphatic heterocycles. The zero-order chi connectivity index (χ0) is 20.2. The summed E-state index contributed by atoms with van der Waals surface area (Å²) in [6.45, 7) is 1.46. The number of aromatic nitrogens is 2. The number of fused-ring (bicyclic) bond motifs is 3. The number of benzene rings is 3. The number of aromatic amines is 1. The van der Waals surface area contributed by atoms with Gasteiger partial charge in [-0.25, -0.2) is 0 Å². The molecule has 0 unspecified atom stereocenters. The average Bonchev–Trinajstić information content (AvgIpc) is 3.49. The van der Waals surface area contributed by atoms with E-state index in [1.165, 1.54) is 0 Å². The molecule has 3 aromatic carbocycles. The number of hydrogen-bond donors (Lipinski definition) is 1. The molecular formula is C24H19N3O3. The third-order valence-electron chi connectivity index (χ3n) is 6.35. The SMILES string of the molecule is O=C1OC[C@H]2CN(C(=O)c3ccc4cc(-c5cccc6[nH]ncc56)ccc4c3)C[C@@H]12. The predicted octanol–water partition coefficient (Wildman–Crippen LogP) is 3.63. The van der Waals surface area contributed by atoms with Gasteiger partial charge >= 0.3 is 5.97 Å². The van der Waals surface area contributed by atoms with Crippen molar-refractivity contribution in [2.75, 3.05) is 19.7 Å². The van der Waals surface area contributed by atoms with Crippen molar-refractivity contribution < 1.29 is 14.3 Å². The van der Waals surface area contributed by atoms with Crippen LogP contribution in [0.2, 0.25) is 0 Å². The average molecular weight is 397 g/mol. The lowest BCUT2D eigenvalue weighted by molar-refractivity contribution is -0.141. The molecule has 6 nitrogen and oxygen atoms in total. The van der Waals surface area contributed by atoms with Gasteiger partial charge in [-0.2, -0.15) is 5.10 Å². The number of carbonyl (C=O) groups is 2. The first kappa shape index (κ1) is 17.2. The molecular weight excluding hydrogens is 378 g/mol. The Morgan fingerprint density at radius 1 is 1.07 bits per heavy atom. The van der Waals surface area contributed by atoms with E-state index < -0.39 is 0 Å². The highest BCUT2D eigenvalue weighted by Crippen LogP contribution is 2.33. The molecule has 6 rings (SSSR count). The molecule has 148 valence electrons. The van der Waals surface area contributed by atoms with Crippen molar-refractivity contribution in [2.24, 2.45) is 11.8 Å². The zero-order valence-electron chi connectivity index (χ0n) is 16.2. The molecule has 1 aromatic heterocycles. The monoisotopic (exact) mass is 397 g/mol. The van der Waals surface area contributed by atoms with Gasteiger partial charge in [0, 0.05) is 30.0 Å². The molecule has 3 heterocycles. The van der Waals surface area contributed by atoms with E-state index in [-0.39, 0.29) is 23.7 Å². The van der Waals surface area contributed by atoms with Gasteiger partial charge < -0.3 is 9.64 Å². The van der Waals surface area contributed by atoms with Gasteiger partial charge in [0.1, 0.15) is 0 Å². The first-order valence-electron chi connectivity index (χ1n) is 10.1. The van der Waals surface area contributed by atoms with Gasteiger partial charge in [0.25, 0.3) is 5.91 Å². The lowest BCUT2D eigenvalue weighted by Gasteiger charge is -2.17. The first-order valence-corrected chi connectivity index (χ1v) is 10.1. The van der Waals surface area contributed by atoms with Crippen LogP contribution < -0.4 is 0 Å². The van der Waals surface area contributed by atoms with E-state index in [1.807, 2.05) is 36.5 Å².